The van der Waals surface area contributed by atoms with Crippen molar-refractivity contribution >= 4 is 17.3 Å². The van der Waals surface area contributed by atoms with E-state index < -0.39 is 5.97 Å². The third-order valence-corrected chi connectivity index (χ3v) is 1.96. The number of aryl methyl sites for hydroxylation is 1. The second-order valence-electron chi connectivity index (χ2n) is 1.90. The molecule has 0 aliphatic heterocycles. The topological polar surface area (TPSA) is 53.0 Å². The van der Waals surface area contributed by atoms with E-state index in [9.17, 15) is 9.90 Å². The first kappa shape index (κ1) is 11.1. The van der Waals surface area contributed by atoms with Crippen LogP contribution >= 0.6 is 11.3 Å². The van der Waals surface area contributed by atoms with Gasteiger partial charge in [0.15, 0.2) is 0 Å². The third kappa shape index (κ3) is 3.33. The van der Waals surface area contributed by atoms with E-state index >= 15 is 0 Å². The molecule has 0 aromatic carbocycles. The van der Waals surface area contributed by atoms with Crippen LogP contribution in [0.2, 0.25) is 0 Å². The summed E-state index contributed by atoms with van der Waals surface area (Å²) in [6, 6.07) is 0. The van der Waals surface area contributed by atoms with Gasteiger partial charge in [-0.05, 0) is 6.92 Å². The maximum absolute atomic E-state index is 10.1. The van der Waals surface area contributed by atoms with Gasteiger partial charge in [-0.25, -0.2) is 4.98 Å². The van der Waals surface area contributed by atoms with E-state index in [1.807, 2.05) is 6.92 Å². The number of carboxylic acid groups (broad SMARTS) is 1. The molecule has 0 aliphatic rings. The van der Waals surface area contributed by atoms with Crippen molar-refractivity contribution in [3.8, 4) is 0 Å². The van der Waals surface area contributed by atoms with Crippen LogP contribution in [0.1, 0.15) is 10.6 Å². The fourth-order valence-electron chi connectivity index (χ4n) is 0.635. The average molecular weight is 179 g/mol. The SMILES string of the molecule is Cc1scnc1CC(=O)[O-].[Na+]. The molecule has 54 valence electrons. The van der Waals surface area contributed by atoms with Crippen molar-refractivity contribution in [2.75, 3.05) is 0 Å². The molecule has 0 bridgehead atoms. The van der Waals surface area contributed by atoms with Crippen molar-refractivity contribution in [1.82, 2.24) is 4.98 Å². The van der Waals surface area contributed by atoms with Crippen LogP contribution < -0.4 is 34.7 Å². The first-order valence-corrected chi connectivity index (χ1v) is 3.67. The zero-order valence-corrected chi connectivity index (χ0v) is 9.27. The molecule has 1 aromatic rings. The second-order valence-corrected chi connectivity index (χ2v) is 2.96. The number of rotatable bonds is 2. The monoisotopic (exact) mass is 179 g/mol. The summed E-state index contributed by atoms with van der Waals surface area (Å²) >= 11 is 1.44. The van der Waals surface area contributed by atoms with Gasteiger partial charge in [0.1, 0.15) is 0 Å². The van der Waals surface area contributed by atoms with Crippen molar-refractivity contribution < 1.29 is 39.5 Å². The Morgan fingerprint density at radius 3 is 2.82 bits per heavy atom. The summed E-state index contributed by atoms with van der Waals surface area (Å²) in [6.45, 7) is 1.84. The minimum atomic E-state index is -1.07. The Kier molecular flexibility index (Phi) is 4.92. The summed E-state index contributed by atoms with van der Waals surface area (Å²) in [5, 5.41) is 10.1. The van der Waals surface area contributed by atoms with Gasteiger partial charge in [-0.3, -0.25) is 0 Å². The van der Waals surface area contributed by atoms with Crippen LogP contribution in [0.3, 0.4) is 0 Å². The molecule has 1 heterocycles. The maximum Gasteiger partial charge on any atom is 1.00 e. The van der Waals surface area contributed by atoms with Crippen LogP contribution in [0.4, 0.5) is 0 Å². The minimum absolute atomic E-state index is 0. The number of hydrogen-bond acceptors (Lipinski definition) is 4. The van der Waals surface area contributed by atoms with E-state index in [-0.39, 0.29) is 36.0 Å². The van der Waals surface area contributed by atoms with Crippen molar-refractivity contribution in [3.63, 3.8) is 0 Å². The van der Waals surface area contributed by atoms with E-state index in [4.69, 9.17) is 0 Å². The molecule has 0 unspecified atom stereocenters. The van der Waals surface area contributed by atoms with Gasteiger partial charge >= 0.3 is 29.6 Å². The van der Waals surface area contributed by atoms with Crippen LogP contribution in [-0.2, 0) is 11.2 Å². The van der Waals surface area contributed by atoms with Crippen LogP contribution in [0.15, 0.2) is 5.51 Å². The average Bonchev–Trinajstić information content (AvgIpc) is 2.15. The van der Waals surface area contributed by atoms with Crippen LogP contribution in [-0.4, -0.2) is 11.0 Å². The van der Waals surface area contributed by atoms with E-state index in [1.54, 1.807) is 5.51 Å². The van der Waals surface area contributed by atoms with E-state index in [2.05, 4.69) is 4.98 Å². The number of nitrogens with zero attached hydrogens (tertiary/aromatic N) is 1. The quantitative estimate of drug-likeness (QED) is 0.448. The predicted octanol–water partition coefficient (Wildman–Crippen LogP) is -3.25. The van der Waals surface area contributed by atoms with Gasteiger partial charge in [0.2, 0.25) is 0 Å². The van der Waals surface area contributed by atoms with Gasteiger partial charge in [-0.1, -0.05) is 0 Å². The first-order chi connectivity index (χ1) is 4.70. The molecular formula is C6H6NNaO2S. The summed E-state index contributed by atoms with van der Waals surface area (Å²) in [6.07, 6.45) is -0.0741. The standard InChI is InChI=1S/C6H7NO2S.Na/c1-4-5(2-6(8)9)7-3-10-4;/h3H,2H2,1H3,(H,8,9);/q;+1/p-1. The summed E-state index contributed by atoms with van der Waals surface area (Å²) in [7, 11) is 0. The third-order valence-electron chi connectivity index (χ3n) is 1.16. The molecule has 1 rings (SSSR count). The molecule has 0 atom stereocenters. The molecule has 0 N–H and O–H groups in total. The Bertz CT molecular complexity index is 248. The molecule has 0 fully saturated rings. The zero-order valence-electron chi connectivity index (χ0n) is 6.46. The van der Waals surface area contributed by atoms with E-state index in [0.29, 0.717) is 5.69 Å². The van der Waals surface area contributed by atoms with Gasteiger partial charge in [-0.15, -0.1) is 11.3 Å². The van der Waals surface area contributed by atoms with Crippen molar-refractivity contribution in [1.29, 1.82) is 0 Å². The Hall–Kier alpha value is 0.100. The number of thiazole rings is 1. The molecule has 0 amide bonds. The summed E-state index contributed by atoms with van der Waals surface area (Å²) in [5.41, 5.74) is 2.25. The van der Waals surface area contributed by atoms with Gasteiger partial charge in [0.05, 0.1) is 11.2 Å². The van der Waals surface area contributed by atoms with Gasteiger partial charge in [0.25, 0.3) is 0 Å². The number of carbonyl (C=O) groups excluding carboxylic acids is 1. The number of aliphatic carboxylic acids is 1. The molecule has 11 heavy (non-hydrogen) atoms. The summed E-state index contributed by atoms with van der Waals surface area (Å²) < 4.78 is 0. The largest absolute Gasteiger partial charge is 1.00 e. The van der Waals surface area contributed by atoms with E-state index in [1.165, 1.54) is 11.3 Å². The van der Waals surface area contributed by atoms with Gasteiger partial charge < -0.3 is 9.90 Å². The normalized spacial score (nSPS) is 8.82. The second kappa shape index (κ2) is 4.87. The molecule has 3 nitrogen and oxygen atoms in total. The summed E-state index contributed by atoms with van der Waals surface area (Å²) in [4.78, 5) is 14.9. The summed E-state index contributed by atoms with van der Waals surface area (Å²) in [5.74, 6) is -1.07. The Balaban J connectivity index is 0.000001000. The first-order valence-electron chi connectivity index (χ1n) is 2.79. The minimum Gasteiger partial charge on any atom is -0.550 e. The zero-order chi connectivity index (χ0) is 7.56. The fraction of sp³-hybridized carbons (Fsp3) is 0.333. The van der Waals surface area contributed by atoms with Crippen LogP contribution in [0.25, 0.3) is 0 Å². The molecule has 0 saturated carbocycles. The Labute approximate surface area is 90.8 Å². The van der Waals surface area contributed by atoms with E-state index in [0.717, 1.165) is 4.88 Å². The number of carboxylic acids is 1. The fourth-order valence-corrected chi connectivity index (χ4v) is 1.23. The molecule has 0 radical (unpaired) electrons. The number of hydrogen-bond donors (Lipinski definition) is 0. The molecule has 0 aliphatic carbocycles. The molecular weight excluding hydrogens is 173 g/mol. The van der Waals surface area contributed by atoms with Crippen molar-refractivity contribution in [3.05, 3.63) is 16.1 Å². The van der Waals surface area contributed by atoms with Crippen LogP contribution in [0, 0.1) is 6.92 Å². The predicted molar refractivity (Wildman–Crippen MR) is 35.6 cm³/mol. The van der Waals surface area contributed by atoms with Gasteiger partial charge in [0, 0.05) is 17.3 Å². The number of carbonyl (C=O) groups is 1. The molecule has 5 heteroatoms. The van der Waals surface area contributed by atoms with Crippen LogP contribution in [0.5, 0.6) is 0 Å². The smallest absolute Gasteiger partial charge is 0.550 e. The molecule has 0 spiro atoms. The maximum atomic E-state index is 10.1. The molecule has 0 saturated heterocycles. The molecule has 1 aromatic heterocycles. The van der Waals surface area contributed by atoms with Crippen molar-refractivity contribution in [2.24, 2.45) is 0 Å². The van der Waals surface area contributed by atoms with Gasteiger partial charge in [-0.2, -0.15) is 0 Å². The Morgan fingerprint density at radius 2 is 2.45 bits per heavy atom. The van der Waals surface area contributed by atoms with Crippen molar-refractivity contribution in [2.45, 2.75) is 13.3 Å². The number of aromatic nitrogens is 1. The Morgan fingerprint density at radius 1 is 1.82 bits per heavy atom.